The molecule has 0 aliphatic heterocycles. The van der Waals surface area contributed by atoms with Crippen molar-refractivity contribution < 1.29 is 14.3 Å². The third-order valence-corrected chi connectivity index (χ3v) is 4.12. The molecule has 0 saturated carbocycles. The van der Waals surface area contributed by atoms with Crippen LogP contribution in [0.3, 0.4) is 0 Å². The zero-order chi connectivity index (χ0) is 18.9. The maximum Gasteiger partial charge on any atom is 0.270 e. The Bertz CT molecular complexity index is 814. The Morgan fingerprint density at radius 1 is 1.00 bits per heavy atom. The minimum absolute atomic E-state index is 0.0271. The fourth-order valence-electron chi connectivity index (χ4n) is 2.02. The van der Waals surface area contributed by atoms with Crippen molar-refractivity contribution in [1.29, 1.82) is 0 Å². The number of para-hydroxylation sites is 1. The van der Waals surface area contributed by atoms with Crippen LogP contribution in [0.25, 0.3) is 0 Å². The Hall–Kier alpha value is -2.45. The Morgan fingerprint density at radius 3 is 2.35 bits per heavy atom. The molecule has 0 heterocycles. The van der Waals surface area contributed by atoms with Crippen LogP contribution in [0.1, 0.15) is 34.1 Å². The topological polar surface area (TPSA) is 79.5 Å². The molecule has 0 saturated heterocycles. The molecule has 8 heteroatoms. The van der Waals surface area contributed by atoms with Crippen molar-refractivity contribution >= 4 is 45.1 Å². The smallest absolute Gasteiger partial charge is 0.270 e. The van der Waals surface area contributed by atoms with Crippen molar-refractivity contribution in [3.8, 4) is 5.75 Å². The number of benzene rings is 2. The quantitative estimate of drug-likeness (QED) is 0.496. The lowest BCUT2D eigenvalue weighted by Crippen LogP contribution is -2.48. The van der Waals surface area contributed by atoms with Crippen LogP contribution >= 0.6 is 28.1 Å². The number of halogens is 1. The van der Waals surface area contributed by atoms with Gasteiger partial charge in [-0.2, -0.15) is 0 Å². The molecule has 0 aliphatic carbocycles. The highest BCUT2D eigenvalue weighted by atomic mass is 79.9. The summed E-state index contributed by atoms with van der Waals surface area (Å²) in [6.45, 7) is 2.49. The van der Waals surface area contributed by atoms with E-state index in [1.165, 1.54) is 0 Å². The zero-order valence-electron chi connectivity index (χ0n) is 14.0. The summed E-state index contributed by atoms with van der Waals surface area (Å²) in [7, 11) is 0. The number of hydrogen-bond acceptors (Lipinski definition) is 4. The highest BCUT2D eigenvalue weighted by Crippen LogP contribution is 2.18. The van der Waals surface area contributed by atoms with Gasteiger partial charge in [-0.25, -0.2) is 0 Å². The van der Waals surface area contributed by atoms with Crippen LogP contribution in [0.5, 0.6) is 5.75 Å². The van der Waals surface area contributed by atoms with Gasteiger partial charge in [0.15, 0.2) is 5.11 Å². The first-order valence-electron chi connectivity index (χ1n) is 7.91. The molecule has 6 nitrogen and oxygen atoms in total. The normalized spacial score (nSPS) is 9.92. The van der Waals surface area contributed by atoms with E-state index in [0.29, 0.717) is 28.0 Å². The number of rotatable bonds is 5. The molecule has 26 heavy (non-hydrogen) atoms. The number of ether oxygens (including phenoxy) is 1. The maximum absolute atomic E-state index is 12.4. The van der Waals surface area contributed by atoms with E-state index in [1.807, 2.05) is 6.92 Å². The first-order valence-corrected chi connectivity index (χ1v) is 9.11. The van der Waals surface area contributed by atoms with Crippen molar-refractivity contribution in [2.24, 2.45) is 0 Å². The summed E-state index contributed by atoms with van der Waals surface area (Å²) >= 11 is 8.35. The van der Waals surface area contributed by atoms with Gasteiger partial charge in [0.1, 0.15) is 5.75 Å². The van der Waals surface area contributed by atoms with Crippen LogP contribution in [0, 0.1) is 0 Å². The summed E-state index contributed by atoms with van der Waals surface area (Å²) in [5.41, 5.74) is 5.75. The molecule has 0 aliphatic rings. The lowest BCUT2D eigenvalue weighted by Gasteiger charge is -2.13. The molecule has 0 aromatic heterocycles. The average Bonchev–Trinajstić information content (AvgIpc) is 2.65. The Balaban J connectivity index is 1.93. The van der Waals surface area contributed by atoms with Crippen molar-refractivity contribution in [3.05, 3.63) is 64.1 Å². The zero-order valence-corrected chi connectivity index (χ0v) is 16.4. The molecule has 2 rings (SSSR count). The summed E-state index contributed by atoms with van der Waals surface area (Å²) in [5, 5.41) is 2.48. The predicted octanol–water partition coefficient (Wildman–Crippen LogP) is 3.19. The average molecular weight is 436 g/mol. The lowest BCUT2D eigenvalue weighted by atomic mass is 10.2. The molecule has 0 atom stereocenters. The van der Waals surface area contributed by atoms with Crippen LogP contribution < -0.4 is 20.9 Å². The van der Waals surface area contributed by atoms with E-state index in [4.69, 9.17) is 17.0 Å². The number of hydrazine groups is 1. The second-order valence-electron chi connectivity index (χ2n) is 5.19. The first kappa shape index (κ1) is 19.9. The van der Waals surface area contributed by atoms with Gasteiger partial charge in [-0.1, -0.05) is 31.2 Å². The van der Waals surface area contributed by atoms with Gasteiger partial charge in [0.25, 0.3) is 11.8 Å². The van der Waals surface area contributed by atoms with Gasteiger partial charge in [-0.15, -0.1) is 0 Å². The summed E-state index contributed by atoms with van der Waals surface area (Å²) in [6.07, 6.45) is 0.830. The molecule has 2 aromatic rings. The van der Waals surface area contributed by atoms with Gasteiger partial charge in [-0.3, -0.25) is 25.8 Å². The third kappa shape index (κ3) is 5.53. The van der Waals surface area contributed by atoms with Gasteiger partial charge in [0.05, 0.1) is 17.7 Å². The SMILES string of the molecule is CCCOc1ccccc1C(=O)NC(=S)NNC(=O)c1ccccc1Br. The summed E-state index contributed by atoms with van der Waals surface area (Å²) < 4.78 is 6.21. The van der Waals surface area contributed by atoms with E-state index in [2.05, 4.69) is 32.1 Å². The number of carbonyl (C=O) groups is 2. The third-order valence-electron chi connectivity index (χ3n) is 3.23. The summed E-state index contributed by atoms with van der Waals surface area (Å²) in [6, 6.07) is 13.8. The minimum Gasteiger partial charge on any atom is -0.493 e. The first-order chi connectivity index (χ1) is 12.5. The van der Waals surface area contributed by atoms with Gasteiger partial charge in [0, 0.05) is 4.47 Å². The molecular formula is C18H18BrN3O3S. The van der Waals surface area contributed by atoms with Crippen molar-refractivity contribution in [3.63, 3.8) is 0 Å². The van der Waals surface area contributed by atoms with E-state index in [-0.39, 0.29) is 11.0 Å². The second kappa shape index (κ2) is 9.88. The second-order valence-corrected chi connectivity index (χ2v) is 6.45. The van der Waals surface area contributed by atoms with Gasteiger partial charge < -0.3 is 4.74 Å². The minimum atomic E-state index is -0.427. The van der Waals surface area contributed by atoms with E-state index in [9.17, 15) is 9.59 Å². The summed E-state index contributed by atoms with van der Waals surface area (Å²) in [4.78, 5) is 24.5. The number of hydrogen-bond donors (Lipinski definition) is 3. The molecule has 3 N–H and O–H groups in total. The van der Waals surface area contributed by atoms with Crippen molar-refractivity contribution in [2.45, 2.75) is 13.3 Å². The fourth-order valence-corrected chi connectivity index (χ4v) is 2.63. The molecule has 0 spiro atoms. The van der Waals surface area contributed by atoms with Gasteiger partial charge >= 0.3 is 0 Å². The maximum atomic E-state index is 12.4. The number of amides is 2. The van der Waals surface area contributed by atoms with Crippen LogP contribution in [-0.4, -0.2) is 23.5 Å². The van der Waals surface area contributed by atoms with Crippen LogP contribution in [0.15, 0.2) is 53.0 Å². The van der Waals surface area contributed by atoms with Gasteiger partial charge in [-0.05, 0) is 58.8 Å². The predicted molar refractivity (Wildman–Crippen MR) is 107 cm³/mol. The van der Waals surface area contributed by atoms with Crippen molar-refractivity contribution in [2.75, 3.05) is 6.61 Å². The van der Waals surface area contributed by atoms with Gasteiger partial charge in [0.2, 0.25) is 0 Å². The fraction of sp³-hybridized carbons (Fsp3) is 0.167. The molecule has 2 amide bonds. The molecule has 0 fully saturated rings. The standard InChI is InChI=1S/C18H18BrN3O3S/c1-2-11-25-15-10-6-4-8-13(15)16(23)20-18(26)22-21-17(24)12-7-3-5-9-14(12)19/h3-10H,2,11H2,1H3,(H,21,24)(H2,20,22,23,26). The number of carbonyl (C=O) groups excluding carboxylic acids is 2. The number of thiocarbonyl (C=S) groups is 1. The Kier molecular flexibility index (Phi) is 7.55. The number of nitrogens with one attached hydrogen (secondary N) is 3. The van der Waals surface area contributed by atoms with Crippen LogP contribution in [-0.2, 0) is 0 Å². The summed E-state index contributed by atoms with van der Waals surface area (Å²) in [5.74, 6) is -0.336. The Labute approximate surface area is 165 Å². The molecule has 0 radical (unpaired) electrons. The highest BCUT2D eigenvalue weighted by molar-refractivity contribution is 9.10. The van der Waals surface area contributed by atoms with E-state index >= 15 is 0 Å². The molecule has 2 aromatic carbocycles. The largest absolute Gasteiger partial charge is 0.493 e. The molecule has 0 bridgehead atoms. The monoisotopic (exact) mass is 435 g/mol. The molecule has 0 unspecified atom stereocenters. The van der Waals surface area contributed by atoms with Crippen molar-refractivity contribution in [1.82, 2.24) is 16.2 Å². The van der Waals surface area contributed by atoms with E-state index < -0.39 is 5.91 Å². The van der Waals surface area contributed by atoms with Crippen LogP contribution in [0.2, 0.25) is 0 Å². The molecular weight excluding hydrogens is 418 g/mol. The highest BCUT2D eigenvalue weighted by Gasteiger charge is 2.14. The molecule has 136 valence electrons. The van der Waals surface area contributed by atoms with E-state index in [0.717, 1.165) is 6.42 Å². The van der Waals surface area contributed by atoms with E-state index in [1.54, 1.807) is 48.5 Å². The lowest BCUT2D eigenvalue weighted by molar-refractivity contribution is 0.0933. The Morgan fingerprint density at radius 2 is 1.65 bits per heavy atom. The van der Waals surface area contributed by atoms with Crippen LogP contribution in [0.4, 0.5) is 0 Å².